The standard InChI is InChI=1S/C21H24N4O2/c26-20(18-6-5-11-22-19(18)24-12-1-2-13-24)23-17-9-7-16(8-10-17)21(27)25-14-3-4-15-25/h5-11H,1-4,12-15H2,(H,23,26). The summed E-state index contributed by atoms with van der Waals surface area (Å²) in [6.07, 6.45) is 6.13. The van der Waals surface area contributed by atoms with Gasteiger partial charge in [-0.25, -0.2) is 4.98 Å². The molecular weight excluding hydrogens is 340 g/mol. The van der Waals surface area contributed by atoms with Gasteiger partial charge in [0.15, 0.2) is 0 Å². The first-order chi connectivity index (χ1) is 13.2. The van der Waals surface area contributed by atoms with Gasteiger partial charge in [0.1, 0.15) is 5.82 Å². The minimum Gasteiger partial charge on any atom is -0.356 e. The van der Waals surface area contributed by atoms with E-state index in [1.54, 1.807) is 42.6 Å². The summed E-state index contributed by atoms with van der Waals surface area (Å²) in [4.78, 5) is 33.6. The molecule has 0 bridgehead atoms. The Morgan fingerprint density at radius 3 is 2.26 bits per heavy atom. The number of hydrogen-bond acceptors (Lipinski definition) is 4. The summed E-state index contributed by atoms with van der Waals surface area (Å²) in [6, 6.07) is 10.7. The zero-order valence-electron chi connectivity index (χ0n) is 15.4. The third-order valence-electron chi connectivity index (χ3n) is 5.22. The largest absolute Gasteiger partial charge is 0.356 e. The van der Waals surface area contributed by atoms with Crippen LogP contribution in [-0.4, -0.2) is 47.9 Å². The molecule has 2 fully saturated rings. The molecule has 0 spiro atoms. The molecule has 2 saturated heterocycles. The predicted octanol–water partition coefficient (Wildman–Crippen LogP) is 3.17. The van der Waals surface area contributed by atoms with E-state index in [0.717, 1.165) is 57.7 Å². The number of pyridine rings is 1. The number of nitrogens with one attached hydrogen (secondary N) is 1. The summed E-state index contributed by atoms with van der Waals surface area (Å²) in [6.45, 7) is 3.53. The Balaban J connectivity index is 1.46. The number of carbonyl (C=O) groups is 2. The van der Waals surface area contributed by atoms with Crippen molar-refractivity contribution in [3.63, 3.8) is 0 Å². The fourth-order valence-electron chi connectivity index (χ4n) is 3.75. The molecule has 1 aromatic carbocycles. The Morgan fingerprint density at radius 2 is 1.56 bits per heavy atom. The van der Waals surface area contributed by atoms with E-state index < -0.39 is 0 Å². The highest BCUT2D eigenvalue weighted by molar-refractivity contribution is 6.07. The van der Waals surface area contributed by atoms with Gasteiger partial charge in [-0.15, -0.1) is 0 Å². The van der Waals surface area contributed by atoms with E-state index in [-0.39, 0.29) is 11.8 Å². The molecule has 140 valence electrons. The molecule has 3 heterocycles. The quantitative estimate of drug-likeness (QED) is 0.905. The summed E-state index contributed by atoms with van der Waals surface area (Å²) in [5.41, 5.74) is 1.92. The third-order valence-corrected chi connectivity index (χ3v) is 5.22. The molecule has 1 aromatic heterocycles. The van der Waals surface area contributed by atoms with E-state index >= 15 is 0 Å². The van der Waals surface area contributed by atoms with Gasteiger partial charge >= 0.3 is 0 Å². The van der Waals surface area contributed by atoms with Crippen molar-refractivity contribution >= 4 is 23.3 Å². The average Bonchev–Trinajstić information content (AvgIpc) is 3.42. The molecule has 0 atom stereocenters. The first-order valence-electron chi connectivity index (χ1n) is 9.63. The van der Waals surface area contributed by atoms with Gasteiger partial charge in [-0.3, -0.25) is 9.59 Å². The molecule has 0 unspecified atom stereocenters. The second-order valence-corrected chi connectivity index (χ2v) is 7.10. The zero-order valence-corrected chi connectivity index (χ0v) is 15.4. The zero-order chi connectivity index (χ0) is 18.6. The van der Waals surface area contributed by atoms with Gasteiger partial charge in [0.05, 0.1) is 5.56 Å². The highest BCUT2D eigenvalue weighted by Gasteiger charge is 2.21. The molecule has 1 N–H and O–H groups in total. The Kier molecular flexibility index (Phi) is 5.05. The number of rotatable bonds is 4. The third kappa shape index (κ3) is 3.79. The highest BCUT2D eigenvalue weighted by atomic mass is 16.2. The maximum atomic E-state index is 12.8. The van der Waals surface area contributed by atoms with Gasteiger partial charge in [-0.1, -0.05) is 0 Å². The van der Waals surface area contributed by atoms with Gasteiger partial charge in [-0.05, 0) is 62.1 Å². The smallest absolute Gasteiger partial charge is 0.259 e. The van der Waals surface area contributed by atoms with E-state index in [4.69, 9.17) is 0 Å². The summed E-state index contributed by atoms with van der Waals surface area (Å²) in [7, 11) is 0. The molecule has 6 nitrogen and oxygen atoms in total. The Labute approximate surface area is 159 Å². The van der Waals surface area contributed by atoms with Crippen molar-refractivity contribution in [3.8, 4) is 0 Å². The number of nitrogens with zero attached hydrogens (tertiary/aromatic N) is 3. The van der Waals surface area contributed by atoms with Crippen molar-refractivity contribution < 1.29 is 9.59 Å². The summed E-state index contributed by atoms with van der Waals surface area (Å²) in [5.74, 6) is 0.630. The summed E-state index contributed by atoms with van der Waals surface area (Å²) in [5, 5.41) is 2.93. The molecule has 2 amide bonds. The first kappa shape index (κ1) is 17.5. The van der Waals surface area contributed by atoms with Crippen LogP contribution in [0.2, 0.25) is 0 Å². The van der Waals surface area contributed by atoms with Crippen LogP contribution in [0.5, 0.6) is 0 Å². The Hall–Kier alpha value is -2.89. The van der Waals surface area contributed by atoms with E-state index in [9.17, 15) is 9.59 Å². The Bertz CT molecular complexity index is 822. The van der Waals surface area contributed by atoms with E-state index in [1.807, 2.05) is 4.90 Å². The molecule has 2 aliphatic rings. The van der Waals surface area contributed by atoms with Gasteiger partial charge in [0.2, 0.25) is 0 Å². The minimum atomic E-state index is -0.177. The van der Waals surface area contributed by atoms with Crippen LogP contribution < -0.4 is 10.2 Å². The lowest BCUT2D eigenvalue weighted by molar-refractivity contribution is 0.0792. The topological polar surface area (TPSA) is 65.5 Å². The van der Waals surface area contributed by atoms with Crippen molar-refractivity contribution in [3.05, 3.63) is 53.7 Å². The summed E-state index contributed by atoms with van der Waals surface area (Å²) >= 11 is 0. The van der Waals surface area contributed by atoms with Crippen LogP contribution in [-0.2, 0) is 0 Å². The molecule has 2 aliphatic heterocycles. The van der Waals surface area contributed by atoms with Crippen LogP contribution in [0, 0.1) is 0 Å². The van der Waals surface area contributed by atoms with E-state index in [1.165, 1.54) is 0 Å². The lowest BCUT2D eigenvalue weighted by Crippen LogP contribution is -2.27. The van der Waals surface area contributed by atoms with Crippen molar-refractivity contribution in [2.75, 3.05) is 36.4 Å². The first-order valence-corrected chi connectivity index (χ1v) is 9.63. The minimum absolute atomic E-state index is 0.0638. The fourth-order valence-corrected chi connectivity index (χ4v) is 3.75. The van der Waals surface area contributed by atoms with Crippen molar-refractivity contribution in [1.29, 1.82) is 0 Å². The van der Waals surface area contributed by atoms with Crippen LogP contribution in [0.1, 0.15) is 46.4 Å². The summed E-state index contributed by atoms with van der Waals surface area (Å²) < 4.78 is 0. The van der Waals surface area contributed by atoms with E-state index in [2.05, 4.69) is 15.2 Å². The average molecular weight is 364 g/mol. The normalized spacial score (nSPS) is 16.6. The number of benzene rings is 1. The molecule has 0 aliphatic carbocycles. The molecule has 27 heavy (non-hydrogen) atoms. The SMILES string of the molecule is O=C(Nc1ccc(C(=O)N2CCCC2)cc1)c1cccnc1N1CCCC1. The maximum Gasteiger partial charge on any atom is 0.259 e. The number of aromatic nitrogens is 1. The van der Waals surface area contributed by atoms with Gasteiger partial charge < -0.3 is 15.1 Å². The van der Waals surface area contributed by atoms with Crippen LogP contribution >= 0.6 is 0 Å². The number of amides is 2. The molecule has 4 rings (SSSR count). The van der Waals surface area contributed by atoms with Gasteiger partial charge in [0, 0.05) is 43.6 Å². The lowest BCUT2D eigenvalue weighted by Gasteiger charge is -2.19. The number of likely N-dealkylation sites (tertiary alicyclic amines) is 1. The van der Waals surface area contributed by atoms with Crippen LogP contribution in [0.4, 0.5) is 11.5 Å². The van der Waals surface area contributed by atoms with Gasteiger partial charge in [-0.2, -0.15) is 0 Å². The van der Waals surface area contributed by atoms with Crippen LogP contribution in [0.3, 0.4) is 0 Å². The monoisotopic (exact) mass is 364 g/mol. The predicted molar refractivity (Wildman–Crippen MR) is 105 cm³/mol. The maximum absolute atomic E-state index is 12.8. The van der Waals surface area contributed by atoms with Crippen molar-refractivity contribution in [1.82, 2.24) is 9.88 Å². The highest BCUT2D eigenvalue weighted by Crippen LogP contribution is 2.23. The van der Waals surface area contributed by atoms with Crippen molar-refractivity contribution in [2.24, 2.45) is 0 Å². The molecule has 2 aromatic rings. The van der Waals surface area contributed by atoms with Crippen molar-refractivity contribution in [2.45, 2.75) is 25.7 Å². The number of anilines is 2. The molecule has 6 heteroatoms. The molecular formula is C21H24N4O2. The van der Waals surface area contributed by atoms with Crippen LogP contribution in [0.25, 0.3) is 0 Å². The Morgan fingerprint density at radius 1 is 0.889 bits per heavy atom. The number of hydrogen-bond donors (Lipinski definition) is 1. The molecule has 0 radical (unpaired) electrons. The van der Waals surface area contributed by atoms with Gasteiger partial charge in [0.25, 0.3) is 11.8 Å². The fraction of sp³-hybridized carbons (Fsp3) is 0.381. The van der Waals surface area contributed by atoms with E-state index in [0.29, 0.717) is 16.8 Å². The molecule has 0 saturated carbocycles. The second-order valence-electron chi connectivity index (χ2n) is 7.10. The second kappa shape index (κ2) is 7.78. The lowest BCUT2D eigenvalue weighted by atomic mass is 10.1. The van der Waals surface area contributed by atoms with Crippen LogP contribution in [0.15, 0.2) is 42.6 Å². The number of carbonyl (C=O) groups excluding carboxylic acids is 2.